The van der Waals surface area contributed by atoms with Crippen molar-refractivity contribution >= 4 is 15.9 Å². The van der Waals surface area contributed by atoms with E-state index >= 15 is 0 Å². The van der Waals surface area contributed by atoms with Gasteiger partial charge in [0.15, 0.2) is 0 Å². The molecule has 84 valence electrons. The van der Waals surface area contributed by atoms with Crippen LogP contribution in [-0.4, -0.2) is 11.2 Å². The van der Waals surface area contributed by atoms with E-state index in [2.05, 4.69) is 48.8 Å². The SMILES string of the molecule is CC(C)(C)CC(O)Cc1cccc(Br)c1. The molecule has 0 heterocycles. The lowest BCUT2D eigenvalue weighted by atomic mass is 9.87. The van der Waals surface area contributed by atoms with Crippen molar-refractivity contribution < 1.29 is 5.11 Å². The van der Waals surface area contributed by atoms with Crippen LogP contribution in [0.3, 0.4) is 0 Å². The highest BCUT2D eigenvalue weighted by Crippen LogP contribution is 2.23. The number of aliphatic hydroxyl groups is 1. The Morgan fingerprint density at radius 3 is 2.53 bits per heavy atom. The number of rotatable bonds is 3. The first-order chi connectivity index (χ1) is 6.87. The van der Waals surface area contributed by atoms with Gasteiger partial charge in [0, 0.05) is 4.47 Å². The molecule has 0 radical (unpaired) electrons. The van der Waals surface area contributed by atoms with Gasteiger partial charge in [0.2, 0.25) is 0 Å². The van der Waals surface area contributed by atoms with Gasteiger partial charge in [0.05, 0.1) is 6.10 Å². The quantitative estimate of drug-likeness (QED) is 0.886. The average molecular weight is 271 g/mol. The Labute approximate surface area is 101 Å². The van der Waals surface area contributed by atoms with Crippen LogP contribution in [0.15, 0.2) is 28.7 Å². The highest BCUT2D eigenvalue weighted by atomic mass is 79.9. The van der Waals surface area contributed by atoms with Gasteiger partial charge in [-0.3, -0.25) is 0 Å². The van der Waals surface area contributed by atoms with Gasteiger partial charge < -0.3 is 5.11 Å². The molecule has 1 atom stereocenters. The van der Waals surface area contributed by atoms with Crippen LogP contribution in [0.2, 0.25) is 0 Å². The average Bonchev–Trinajstić information content (AvgIpc) is 1.99. The predicted octanol–water partition coefficient (Wildman–Crippen LogP) is 3.79. The standard InChI is InChI=1S/C13H19BrO/c1-13(2,3)9-12(15)8-10-5-4-6-11(14)7-10/h4-7,12,15H,8-9H2,1-3H3. The molecule has 0 saturated carbocycles. The first-order valence-electron chi connectivity index (χ1n) is 5.29. The lowest BCUT2D eigenvalue weighted by Gasteiger charge is -2.22. The Morgan fingerprint density at radius 2 is 2.00 bits per heavy atom. The van der Waals surface area contributed by atoms with Gasteiger partial charge in [-0.2, -0.15) is 0 Å². The fraction of sp³-hybridized carbons (Fsp3) is 0.538. The molecular formula is C13H19BrO. The molecule has 1 unspecified atom stereocenters. The second-order valence-corrected chi connectivity index (χ2v) is 6.17. The summed E-state index contributed by atoms with van der Waals surface area (Å²) >= 11 is 3.43. The highest BCUT2D eigenvalue weighted by molar-refractivity contribution is 9.10. The van der Waals surface area contributed by atoms with Crippen molar-refractivity contribution in [1.29, 1.82) is 0 Å². The van der Waals surface area contributed by atoms with Gasteiger partial charge in [-0.05, 0) is 36.0 Å². The summed E-state index contributed by atoms with van der Waals surface area (Å²) in [5, 5.41) is 9.91. The predicted molar refractivity (Wildman–Crippen MR) is 67.9 cm³/mol. The first-order valence-corrected chi connectivity index (χ1v) is 6.09. The van der Waals surface area contributed by atoms with Crippen LogP contribution in [0.5, 0.6) is 0 Å². The molecule has 1 aromatic rings. The third-order valence-electron chi connectivity index (χ3n) is 2.21. The summed E-state index contributed by atoms with van der Waals surface area (Å²) in [6, 6.07) is 8.12. The van der Waals surface area contributed by atoms with Crippen LogP contribution in [0.1, 0.15) is 32.8 Å². The Hall–Kier alpha value is -0.340. The maximum atomic E-state index is 9.91. The van der Waals surface area contributed by atoms with Crippen LogP contribution < -0.4 is 0 Å². The molecule has 0 saturated heterocycles. The second kappa shape index (κ2) is 5.13. The number of hydrogen-bond acceptors (Lipinski definition) is 1. The molecule has 0 spiro atoms. The van der Waals surface area contributed by atoms with E-state index in [9.17, 15) is 5.11 Å². The summed E-state index contributed by atoms with van der Waals surface area (Å²) in [7, 11) is 0. The highest BCUT2D eigenvalue weighted by Gasteiger charge is 2.16. The van der Waals surface area contributed by atoms with Gasteiger partial charge in [0.1, 0.15) is 0 Å². The minimum atomic E-state index is -0.251. The van der Waals surface area contributed by atoms with Crippen molar-refractivity contribution in [2.45, 2.75) is 39.7 Å². The van der Waals surface area contributed by atoms with Crippen LogP contribution in [0.4, 0.5) is 0 Å². The van der Waals surface area contributed by atoms with E-state index < -0.39 is 0 Å². The van der Waals surface area contributed by atoms with E-state index in [4.69, 9.17) is 0 Å². The fourth-order valence-electron chi connectivity index (χ4n) is 1.72. The topological polar surface area (TPSA) is 20.2 Å². The second-order valence-electron chi connectivity index (χ2n) is 5.25. The zero-order valence-corrected chi connectivity index (χ0v) is 11.2. The zero-order chi connectivity index (χ0) is 11.5. The van der Waals surface area contributed by atoms with Crippen molar-refractivity contribution in [3.05, 3.63) is 34.3 Å². The number of hydrogen-bond donors (Lipinski definition) is 1. The number of halogens is 1. The molecule has 15 heavy (non-hydrogen) atoms. The van der Waals surface area contributed by atoms with Gasteiger partial charge in [-0.1, -0.05) is 48.8 Å². The first kappa shape index (κ1) is 12.7. The third-order valence-corrected chi connectivity index (χ3v) is 2.70. The lowest BCUT2D eigenvalue weighted by Crippen LogP contribution is -2.19. The smallest absolute Gasteiger partial charge is 0.0585 e. The summed E-state index contributed by atoms with van der Waals surface area (Å²) in [4.78, 5) is 0. The molecule has 0 aliphatic carbocycles. The van der Waals surface area contributed by atoms with Crippen LogP contribution in [0, 0.1) is 5.41 Å². The van der Waals surface area contributed by atoms with Gasteiger partial charge in [0.25, 0.3) is 0 Å². The molecule has 0 aliphatic rings. The molecule has 1 nitrogen and oxygen atoms in total. The van der Waals surface area contributed by atoms with Crippen molar-refractivity contribution in [1.82, 2.24) is 0 Å². The fourth-order valence-corrected chi connectivity index (χ4v) is 2.16. The summed E-state index contributed by atoms with van der Waals surface area (Å²) in [6.45, 7) is 6.45. The van der Waals surface area contributed by atoms with Crippen molar-refractivity contribution in [3.63, 3.8) is 0 Å². The van der Waals surface area contributed by atoms with Gasteiger partial charge in [-0.25, -0.2) is 0 Å². The Morgan fingerprint density at radius 1 is 1.33 bits per heavy atom. The van der Waals surface area contributed by atoms with Gasteiger partial charge >= 0.3 is 0 Å². The molecule has 0 aliphatic heterocycles. The molecule has 1 N–H and O–H groups in total. The molecule has 0 aromatic heterocycles. The zero-order valence-electron chi connectivity index (χ0n) is 9.63. The van der Waals surface area contributed by atoms with E-state index in [-0.39, 0.29) is 11.5 Å². The number of benzene rings is 1. The molecule has 0 bridgehead atoms. The van der Waals surface area contributed by atoms with Crippen LogP contribution >= 0.6 is 15.9 Å². The molecule has 2 heteroatoms. The van der Waals surface area contributed by atoms with E-state index in [1.807, 2.05) is 12.1 Å². The van der Waals surface area contributed by atoms with Crippen LogP contribution in [-0.2, 0) is 6.42 Å². The lowest BCUT2D eigenvalue weighted by molar-refractivity contribution is 0.121. The van der Waals surface area contributed by atoms with Crippen molar-refractivity contribution in [2.24, 2.45) is 5.41 Å². The molecule has 1 rings (SSSR count). The third kappa shape index (κ3) is 5.33. The maximum absolute atomic E-state index is 9.91. The Bertz CT molecular complexity index is 315. The van der Waals surface area contributed by atoms with E-state index in [1.165, 1.54) is 5.56 Å². The molecule has 0 amide bonds. The summed E-state index contributed by atoms with van der Waals surface area (Å²) in [6.07, 6.45) is 1.32. The number of aliphatic hydroxyl groups excluding tert-OH is 1. The maximum Gasteiger partial charge on any atom is 0.0585 e. The normalized spacial score (nSPS) is 13.9. The monoisotopic (exact) mass is 270 g/mol. The van der Waals surface area contributed by atoms with E-state index in [1.54, 1.807) is 0 Å². The molecular weight excluding hydrogens is 252 g/mol. The van der Waals surface area contributed by atoms with Crippen molar-refractivity contribution in [2.75, 3.05) is 0 Å². The summed E-state index contributed by atoms with van der Waals surface area (Å²) in [5.41, 5.74) is 1.37. The van der Waals surface area contributed by atoms with Crippen LogP contribution in [0.25, 0.3) is 0 Å². The minimum Gasteiger partial charge on any atom is -0.393 e. The molecule has 0 fully saturated rings. The minimum absolute atomic E-state index is 0.186. The van der Waals surface area contributed by atoms with E-state index in [0.717, 1.165) is 17.3 Å². The molecule has 1 aromatic carbocycles. The van der Waals surface area contributed by atoms with Gasteiger partial charge in [-0.15, -0.1) is 0 Å². The summed E-state index contributed by atoms with van der Waals surface area (Å²) < 4.78 is 1.07. The Kier molecular flexibility index (Phi) is 4.35. The van der Waals surface area contributed by atoms with Crippen molar-refractivity contribution in [3.8, 4) is 0 Å². The summed E-state index contributed by atoms with van der Waals surface area (Å²) in [5.74, 6) is 0. The van der Waals surface area contributed by atoms with E-state index in [0.29, 0.717) is 0 Å². The Balaban J connectivity index is 2.55. The largest absolute Gasteiger partial charge is 0.393 e.